The molecule has 0 unspecified atom stereocenters. The van der Waals surface area contributed by atoms with Gasteiger partial charge in [-0.1, -0.05) is 42.5 Å². The number of aromatic amines is 1. The highest BCUT2D eigenvalue weighted by atomic mass is 16.5. The van der Waals surface area contributed by atoms with Gasteiger partial charge in [0, 0.05) is 55.9 Å². The van der Waals surface area contributed by atoms with Gasteiger partial charge in [-0.15, -0.1) is 0 Å². The van der Waals surface area contributed by atoms with Crippen molar-refractivity contribution in [2.45, 2.75) is 13.1 Å². The quantitative estimate of drug-likeness (QED) is 0.431. The molecule has 0 aliphatic carbocycles. The minimum Gasteiger partial charge on any atom is -0.378 e. The van der Waals surface area contributed by atoms with Crippen LogP contribution in [0, 0.1) is 0 Å². The minimum atomic E-state index is -0.131. The van der Waals surface area contributed by atoms with Crippen molar-refractivity contribution in [2.75, 3.05) is 49.6 Å². The van der Waals surface area contributed by atoms with Crippen LogP contribution in [0.15, 0.2) is 73.2 Å². The molecule has 0 atom stereocenters. The molecule has 3 heterocycles. The molecular formula is C29H30N6O3. The maximum absolute atomic E-state index is 13.8. The predicted octanol–water partition coefficient (Wildman–Crippen LogP) is 4.09. The molecule has 0 radical (unpaired) electrons. The number of imidazole rings is 1. The Kier molecular flexibility index (Phi) is 6.66. The van der Waals surface area contributed by atoms with Gasteiger partial charge in [-0.25, -0.2) is 9.78 Å². The maximum Gasteiger partial charge on any atom is 0.322 e. The maximum atomic E-state index is 13.8. The number of fused-ring (bicyclic) bond motifs is 2. The van der Waals surface area contributed by atoms with Crippen molar-refractivity contribution in [3.05, 3.63) is 90.0 Å². The summed E-state index contributed by atoms with van der Waals surface area (Å²) in [4.78, 5) is 40.0. The molecule has 9 heteroatoms. The van der Waals surface area contributed by atoms with Crippen LogP contribution in [0.5, 0.6) is 0 Å². The normalized spacial score (nSPS) is 15.7. The number of rotatable bonds is 4. The number of urea groups is 1. The second kappa shape index (κ2) is 10.5. The van der Waals surface area contributed by atoms with Crippen molar-refractivity contribution in [1.29, 1.82) is 0 Å². The number of ether oxygens (including phenoxy) is 1. The molecule has 194 valence electrons. The molecule has 0 spiro atoms. The number of hydrogen-bond acceptors (Lipinski definition) is 5. The number of aromatic nitrogens is 2. The number of morpholine rings is 1. The fourth-order valence-electron chi connectivity index (χ4n) is 5.18. The number of anilines is 2. The van der Waals surface area contributed by atoms with Crippen LogP contribution in [-0.2, 0) is 17.8 Å². The third-order valence-electron chi connectivity index (χ3n) is 7.19. The van der Waals surface area contributed by atoms with Crippen molar-refractivity contribution in [3.63, 3.8) is 0 Å². The van der Waals surface area contributed by atoms with Gasteiger partial charge in [-0.3, -0.25) is 4.79 Å². The molecule has 38 heavy (non-hydrogen) atoms. The molecule has 2 N–H and O–H groups in total. The molecule has 9 nitrogen and oxygen atoms in total. The Balaban J connectivity index is 1.29. The summed E-state index contributed by atoms with van der Waals surface area (Å²) in [5.41, 5.74) is 4.35. The molecule has 2 aliphatic rings. The van der Waals surface area contributed by atoms with Gasteiger partial charge in [-0.2, -0.15) is 0 Å². The van der Waals surface area contributed by atoms with E-state index in [1.54, 1.807) is 11.2 Å². The molecule has 1 aromatic heterocycles. The average molecular weight is 511 g/mol. The van der Waals surface area contributed by atoms with E-state index in [0.29, 0.717) is 58.0 Å². The standard InChI is InChI=1S/C29H30N6O3/c36-28(26-7-3-5-21-4-1-2-6-25(21)26)35-11-10-34(19-24-17-30-20-31-24)27-16-23(9-8-22(27)18-35)32-29(37)33-12-14-38-15-13-33/h1-9,16-17,20H,10-15,18-19H2,(H,30,31)(H,32,37). The first-order valence-electron chi connectivity index (χ1n) is 12.9. The van der Waals surface area contributed by atoms with E-state index in [9.17, 15) is 9.59 Å². The van der Waals surface area contributed by atoms with Crippen LogP contribution in [0.4, 0.5) is 16.2 Å². The van der Waals surface area contributed by atoms with Crippen molar-refractivity contribution in [1.82, 2.24) is 19.8 Å². The minimum absolute atomic E-state index is 0.0130. The summed E-state index contributed by atoms with van der Waals surface area (Å²) in [7, 11) is 0. The summed E-state index contributed by atoms with van der Waals surface area (Å²) in [6.07, 6.45) is 3.55. The number of amides is 3. The van der Waals surface area contributed by atoms with Crippen molar-refractivity contribution in [3.8, 4) is 0 Å². The molecule has 1 saturated heterocycles. The summed E-state index contributed by atoms with van der Waals surface area (Å²) >= 11 is 0. The SMILES string of the molecule is O=C(Nc1ccc2c(c1)N(Cc1c[nH]cn1)CCN(C(=O)c1cccc3ccccc13)C2)N1CCOCC1. The van der Waals surface area contributed by atoms with Crippen LogP contribution < -0.4 is 10.2 Å². The first-order valence-corrected chi connectivity index (χ1v) is 12.9. The number of nitrogens with zero attached hydrogens (tertiary/aromatic N) is 4. The van der Waals surface area contributed by atoms with E-state index < -0.39 is 0 Å². The topological polar surface area (TPSA) is 93.8 Å². The fourth-order valence-corrected chi connectivity index (χ4v) is 5.18. The van der Waals surface area contributed by atoms with Gasteiger partial charge in [0.1, 0.15) is 0 Å². The van der Waals surface area contributed by atoms with Gasteiger partial charge in [0.05, 0.1) is 31.8 Å². The highest BCUT2D eigenvalue weighted by Crippen LogP contribution is 2.31. The third kappa shape index (κ3) is 4.92. The Bertz CT molecular complexity index is 1440. The highest BCUT2D eigenvalue weighted by Gasteiger charge is 2.26. The van der Waals surface area contributed by atoms with Crippen LogP contribution in [0.25, 0.3) is 10.8 Å². The van der Waals surface area contributed by atoms with E-state index >= 15 is 0 Å². The summed E-state index contributed by atoms with van der Waals surface area (Å²) in [5, 5.41) is 5.05. The number of H-pyrrole nitrogens is 1. The molecular weight excluding hydrogens is 480 g/mol. The summed E-state index contributed by atoms with van der Waals surface area (Å²) < 4.78 is 5.37. The van der Waals surface area contributed by atoms with Crippen LogP contribution in [0.3, 0.4) is 0 Å². The Morgan fingerprint density at radius 2 is 1.79 bits per heavy atom. The number of carbonyl (C=O) groups excluding carboxylic acids is 2. The molecule has 3 aromatic carbocycles. The van der Waals surface area contributed by atoms with Crippen LogP contribution in [0.2, 0.25) is 0 Å². The molecule has 1 fully saturated rings. The first kappa shape index (κ1) is 24.0. The van der Waals surface area contributed by atoms with Gasteiger partial charge in [0.15, 0.2) is 0 Å². The Morgan fingerprint density at radius 1 is 0.947 bits per heavy atom. The lowest BCUT2D eigenvalue weighted by atomic mass is 10.0. The zero-order valence-electron chi connectivity index (χ0n) is 21.1. The second-order valence-electron chi connectivity index (χ2n) is 9.61. The van der Waals surface area contributed by atoms with Crippen LogP contribution in [0.1, 0.15) is 21.6 Å². The van der Waals surface area contributed by atoms with Crippen LogP contribution in [-0.4, -0.2) is 71.1 Å². The lowest BCUT2D eigenvalue weighted by Gasteiger charge is -2.28. The average Bonchev–Trinajstić information content (AvgIpc) is 3.41. The molecule has 2 aliphatic heterocycles. The zero-order valence-corrected chi connectivity index (χ0v) is 21.1. The molecule has 0 saturated carbocycles. The summed E-state index contributed by atoms with van der Waals surface area (Å²) in [6.45, 7) is 4.53. The summed E-state index contributed by atoms with van der Waals surface area (Å²) in [5.74, 6) is 0.0130. The van der Waals surface area contributed by atoms with Gasteiger partial charge in [-0.05, 0) is 34.5 Å². The third-order valence-corrected chi connectivity index (χ3v) is 7.19. The van der Waals surface area contributed by atoms with Gasteiger partial charge < -0.3 is 29.7 Å². The van der Waals surface area contributed by atoms with Gasteiger partial charge in [0.2, 0.25) is 0 Å². The number of nitrogens with one attached hydrogen (secondary N) is 2. The zero-order chi connectivity index (χ0) is 25.9. The van der Waals surface area contributed by atoms with E-state index in [2.05, 4.69) is 20.2 Å². The monoisotopic (exact) mass is 510 g/mol. The van der Waals surface area contributed by atoms with Crippen LogP contribution >= 0.6 is 0 Å². The largest absolute Gasteiger partial charge is 0.378 e. The van der Waals surface area contributed by atoms with Crippen molar-refractivity contribution < 1.29 is 14.3 Å². The van der Waals surface area contributed by atoms with Crippen molar-refractivity contribution in [2.24, 2.45) is 0 Å². The lowest BCUT2D eigenvalue weighted by molar-refractivity contribution is 0.0564. The van der Waals surface area contributed by atoms with E-state index in [1.807, 2.05) is 71.8 Å². The number of benzene rings is 3. The Hall–Kier alpha value is -4.37. The second-order valence-corrected chi connectivity index (χ2v) is 9.61. The molecule has 6 rings (SSSR count). The summed E-state index contributed by atoms with van der Waals surface area (Å²) in [6, 6.07) is 19.7. The van der Waals surface area contributed by atoms with E-state index in [4.69, 9.17) is 4.74 Å². The van der Waals surface area contributed by atoms with E-state index in [-0.39, 0.29) is 11.9 Å². The molecule has 4 aromatic rings. The van der Waals surface area contributed by atoms with Gasteiger partial charge >= 0.3 is 6.03 Å². The Morgan fingerprint density at radius 3 is 2.63 bits per heavy atom. The first-order chi connectivity index (χ1) is 18.7. The van der Waals surface area contributed by atoms with Crippen molar-refractivity contribution >= 4 is 34.1 Å². The lowest BCUT2D eigenvalue weighted by Crippen LogP contribution is -2.43. The Labute approximate surface area is 221 Å². The highest BCUT2D eigenvalue weighted by molar-refractivity contribution is 6.07. The van der Waals surface area contributed by atoms with Gasteiger partial charge in [0.25, 0.3) is 5.91 Å². The number of hydrogen-bond donors (Lipinski definition) is 2. The van der Waals surface area contributed by atoms with E-state index in [1.165, 1.54) is 0 Å². The predicted molar refractivity (Wildman–Crippen MR) is 146 cm³/mol. The smallest absolute Gasteiger partial charge is 0.322 e. The molecule has 3 amide bonds. The number of carbonyl (C=O) groups is 2. The van der Waals surface area contributed by atoms with E-state index in [0.717, 1.165) is 33.4 Å². The fraction of sp³-hybridized carbons (Fsp3) is 0.276. The molecule has 0 bridgehead atoms.